The number of para-hydroxylation sites is 1. The molecule has 1 atom stereocenters. The van der Waals surface area contributed by atoms with E-state index in [4.69, 9.17) is 9.47 Å². The average Bonchev–Trinajstić information content (AvgIpc) is 3.11. The van der Waals surface area contributed by atoms with Gasteiger partial charge in [-0.15, -0.1) is 0 Å². The van der Waals surface area contributed by atoms with Crippen molar-refractivity contribution in [1.29, 1.82) is 0 Å². The number of fused-ring (bicyclic) bond motifs is 1. The van der Waals surface area contributed by atoms with E-state index in [1.54, 1.807) is 13.1 Å². The number of carbonyl (C=O) groups is 1. The Labute approximate surface area is 163 Å². The van der Waals surface area contributed by atoms with Gasteiger partial charge in [-0.1, -0.05) is 60.7 Å². The quantitative estimate of drug-likeness (QED) is 0.641. The molecular formula is C23H20FNO3. The summed E-state index contributed by atoms with van der Waals surface area (Å²) in [6.07, 6.45) is -0.687. The molecule has 1 amide bonds. The van der Waals surface area contributed by atoms with E-state index in [1.807, 2.05) is 54.6 Å². The fourth-order valence-corrected chi connectivity index (χ4v) is 3.31. The van der Waals surface area contributed by atoms with Crippen LogP contribution >= 0.6 is 0 Å². The number of hydrogen-bond acceptors (Lipinski definition) is 3. The minimum atomic E-state index is -0.699. The second-order valence-electron chi connectivity index (χ2n) is 6.78. The number of hydrogen-bond donors (Lipinski definition) is 0. The van der Waals surface area contributed by atoms with E-state index in [0.29, 0.717) is 18.7 Å². The molecule has 0 spiro atoms. The van der Waals surface area contributed by atoms with E-state index in [9.17, 15) is 9.18 Å². The first-order valence-corrected chi connectivity index (χ1v) is 9.10. The fourth-order valence-electron chi connectivity index (χ4n) is 3.31. The standard InChI is InChI=1S/C23H20FNO3/c1-25(15-16-7-3-2-4-8-16)23(26)28-21-14-18-10-6-12-20(22(18)27-21)17-9-5-11-19(24)13-17/h2-13,21H,14-15H2,1H3. The molecular weight excluding hydrogens is 357 g/mol. The summed E-state index contributed by atoms with van der Waals surface area (Å²) in [5, 5.41) is 0. The second kappa shape index (κ2) is 7.72. The number of nitrogens with zero attached hydrogens (tertiary/aromatic N) is 1. The fraction of sp³-hybridized carbons (Fsp3) is 0.174. The highest BCUT2D eigenvalue weighted by Crippen LogP contribution is 2.39. The zero-order chi connectivity index (χ0) is 19.5. The van der Waals surface area contributed by atoms with E-state index < -0.39 is 12.4 Å². The molecule has 0 radical (unpaired) electrons. The van der Waals surface area contributed by atoms with Crippen LogP contribution in [0.2, 0.25) is 0 Å². The van der Waals surface area contributed by atoms with Crippen LogP contribution in [-0.2, 0) is 17.7 Å². The lowest BCUT2D eigenvalue weighted by Crippen LogP contribution is -2.32. The molecule has 0 fully saturated rings. The molecule has 0 N–H and O–H groups in total. The number of amides is 1. The molecule has 5 heteroatoms. The molecule has 1 aliphatic rings. The Kier molecular flexibility index (Phi) is 4.98. The Balaban J connectivity index is 1.45. The third-order valence-electron chi connectivity index (χ3n) is 4.67. The van der Waals surface area contributed by atoms with Crippen molar-refractivity contribution in [3.8, 4) is 16.9 Å². The Hall–Kier alpha value is -3.34. The molecule has 142 valence electrons. The van der Waals surface area contributed by atoms with Gasteiger partial charge in [-0.05, 0) is 23.3 Å². The van der Waals surface area contributed by atoms with E-state index >= 15 is 0 Å². The summed E-state index contributed by atoms with van der Waals surface area (Å²) in [7, 11) is 1.69. The lowest BCUT2D eigenvalue weighted by atomic mass is 10.0. The van der Waals surface area contributed by atoms with Gasteiger partial charge in [0.05, 0.1) is 6.42 Å². The van der Waals surface area contributed by atoms with Gasteiger partial charge in [0.2, 0.25) is 6.29 Å². The molecule has 1 heterocycles. The van der Waals surface area contributed by atoms with Crippen LogP contribution in [0.15, 0.2) is 72.8 Å². The van der Waals surface area contributed by atoms with Crippen LogP contribution in [0, 0.1) is 5.82 Å². The second-order valence-corrected chi connectivity index (χ2v) is 6.78. The minimum Gasteiger partial charge on any atom is -0.453 e. The van der Waals surface area contributed by atoms with E-state index in [-0.39, 0.29) is 5.82 Å². The molecule has 0 aromatic heterocycles. The van der Waals surface area contributed by atoms with E-state index in [0.717, 1.165) is 22.3 Å². The highest BCUT2D eigenvalue weighted by molar-refractivity contribution is 5.73. The molecule has 3 aromatic carbocycles. The Bertz CT molecular complexity index is 990. The van der Waals surface area contributed by atoms with Gasteiger partial charge >= 0.3 is 6.09 Å². The smallest absolute Gasteiger partial charge is 0.412 e. The normalized spacial score (nSPS) is 14.9. The maximum absolute atomic E-state index is 13.6. The summed E-state index contributed by atoms with van der Waals surface area (Å²) in [5.41, 5.74) is 3.47. The number of halogens is 1. The maximum atomic E-state index is 13.6. The maximum Gasteiger partial charge on any atom is 0.412 e. The third kappa shape index (κ3) is 3.83. The first-order valence-electron chi connectivity index (χ1n) is 9.10. The van der Waals surface area contributed by atoms with Crippen LogP contribution in [0.4, 0.5) is 9.18 Å². The highest BCUT2D eigenvalue weighted by atomic mass is 19.1. The lowest BCUT2D eigenvalue weighted by Gasteiger charge is -2.20. The Morgan fingerprint density at radius 1 is 1.11 bits per heavy atom. The summed E-state index contributed by atoms with van der Waals surface area (Å²) in [6, 6.07) is 21.8. The molecule has 1 aliphatic heterocycles. The predicted molar refractivity (Wildman–Crippen MR) is 104 cm³/mol. The van der Waals surface area contributed by atoms with Crippen molar-refractivity contribution >= 4 is 6.09 Å². The largest absolute Gasteiger partial charge is 0.453 e. The molecule has 0 saturated carbocycles. The number of ether oxygens (including phenoxy) is 2. The summed E-state index contributed by atoms with van der Waals surface area (Å²) in [4.78, 5) is 13.9. The van der Waals surface area contributed by atoms with Crippen molar-refractivity contribution in [2.24, 2.45) is 0 Å². The Morgan fingerprint density at radius 3 is 2.68 bits per heavy atom. The van der Waals surface area contributed by atoms with Crippen molar-refractivity contribution in [2.45, 2.75) is 19.3 Å². The Morgan fingerprint density at radius 2 is 1.89 bits per heavy atom. The van der Waals surface area contributed by atoms with Crippen molar-refractivity contribution in [1.82, 2.24) is 4.90 Å². The molecule has 4 nitrogen and oxygen atoms in total. The molecule has 3 aromatic rings. The lowest BCUT2D eigenvalue weighted by molar-refractivity contribution is -0.0301. The number of rotatable bonds is 4. The van der Waals surface area contributed by atoms with Crippen LogP contribution in [-0.4, -0.2) is 24.3 Å². The predicted octanol–water partition coefficient (Wildman–Crippen LogP) is 5.02. The highest BCUT2D eigenvalue weighted by Gasteiger charge is 2.29. The van der Waals surface area contributed by atoms with Crippen LogP contribution in [0.3, 0.4) is 0 Å². The number of carbonyl (C=O) groups excluding carboxylic acids is 1. The topological polar surface area (TPSA) is 38.8 Å². The molecule has 0 saturated heterocycles. The van der Waals surface area contributed by atoms with Gasteiger partial charge in [0.1, 0.15) is 11.6 Å². The summed E-state index contributed by atoms with van der Waals surface area (Å²) in [5.74, 6) is 0.329. The average molecular weight is 377 g/mol. The van der Waals surface area contributed by atoms with Crippen LogP contribution in [0.25, 0.3) is 11.1 Å². The summed E-state index contributed by atoms with van der Waals surface area (Å²) < 4.78 is 25.0. The van der Waals surface area contributed by atoms with Gasteiger partial charge in [0.25, 0.3) is 0 Å². The van der Waals surface area contributed by atoms with Gasteiger partial charge in [0, 0.05) is 24.7 Å². The molecule has 28 heavy (non-hydrogen) atoms. The molecule has 0 bridgehead atoms. The first-order chi connectivity index (χ1) is 13.6. The first kappa shape index (κ1) is 18.0. The van der Waals surface area contributed by atoms with Crippen molar-refractivity contribution < 1.29 is 18.7 Å². The van der Waals surface area contributed by atoms with Crippen molar-refractivity contribution in [3.63, 3.8) is 0 Å². The van der Waals surface area contributed by atoms with E-state index in [2.05, 4.69) is 0 Å². The summed E-state index contributed by atoms with van der Waals surface area (Å²) in [6.45, 7) is 0.452. The van der Waals surface area contributed by atoms with Crippen LogP contribution in [0.5, 0.6) is 5.75 Å². The number of benzene rings is 3. The summed E-state index contributed by atoms with van der Waals surface area (Å²) >= 11 is 0. The molecule has 1 unspecified atom stereocenters. The molecule has 4 rings (SSSR count). The SMILES string of the molecule is CN(Cc1ccccc1)C(=O)OC1Cc2cccc(-c3cccc(F)c3)c2O1. The van der Waals surface area contributed by atoms with Crippen molar-refractivity contribution in [3.05, 3.63) is 89.7 Å². The van der Waals surface area contributed by atoms with Crippen LogP contribution in [0.1, 0.15) is 11.1 Å². The van der Waals surface area contributed by atoms with Gasteiger partial charge in [-0.2, -0.15) is 0 Å². The van der Waals surface area contributed by atoms with Gasteiger partial charge < -0.3 is 14.4 Å². The zero-order valence-electron chi connectivity index (χ0n) is 15.5. The van der Waals surface area contributed by atoms with Gasteiger partial charge in [-0.25, -0.2) is 9.18 Å². The van der Waals surface area contributed by atoms with Gasteiger partial charge in [0.15, 0.2) is 0 Å². The third-order valence-corrected chi connectivity index (χ3v) is 4.67. The molecule has 0 aliphatic carbocycles. The van der Waals surface area contributed by atoms with Gasteiger partial charge in [-0.3, -0.25) is 0 Å². The van der Waals surface area contributed by atoms with Crippen molar-refractivity contribution in [2.75, 3.05) is 7.05 Å². The zero-order valence-corrected chi connectivity index (χ0v) is 15.5. The minimum absolute atomic E-state index is 0.307. The van der Waals surface area contributed by atoms with E-state index in [1.165, 1.54) is 17.0 Å². The monoisotopic (exact) mass is 377 g/mol. The van der Waals surface area contributed by atoms with Crippen LogP contribution < -0.4 is 4.74 Å².